The molecule has 0 amide bonds. The quantitative estimate of drug-likeness (QED) is 0.494. The van der Waals surface area contributed by atoms with Gasteiger partial charge in [-0.1, -0.05) is 0 Å². The van der Waals surface area contributed by atoms with Gasteiger partial charge in [0, 0.05) is 12.9 Å². The highest BCUT2D eigenvalue weighted by Crippen LogP contribution is 2.02. The van der Waals surface area contributed by atoms with Crippen LogP contribution in [-0.4, -0.2) is 36.5 Å². The van der Waals surface area contributed by atoms with Crippen LogP contribution in [0.2, 0.25) is 0 Å². The average molecular weight is 213 g/mol. The van der Waals surface area contributed by atoms with E-state index in [1.807, 2.05) is 6.26 Å². The van der Waals surface area contributed by atoms with Crippen molar-refractivity contribution in [2.45, 2.75) is 12.5 Å². The van der Waals surface area contributed by atoms with E-state index in [0.29, 0.717) is 0 Å². The summed E-state index contributed by atoms with van der Waals surface area (Å²) < 4.78 is 4.28. The van der Waals surface area contributed by atoms with E-state index in [1.54, 1.807) is 18.8 Å². The lowest BCUT2D eigenvalue weighted by Crippen LogP contribution is -2.34. The number of likely N-dealkylation sites (N-methyl/N-ethyl adjacent to an activating group) is 1. The molecule has 0 heterocycles. The van der Waals surface area contributed by atoms with Crippen LogP contribution in [0.25, 0.3) is 0 Å². The first-order valence-corrected chi connectivity index (χ1v) is 5.03. The molecule has 0 radical (unpaired) electrons. The van der Waals surface area contributed by atoms with Gasteiger partial charge in [-0.05, 0) is 25.5 Å². The SMILES string of the molecule is CN[C@@H](CCSC)C(=O)OS.O. The molecule has 0 saturated heterocycles. The lowest BCUT2D eigenvalue weighted by atomic mass is 10.2. The third-order valence-corrected chi connectivity index (χ3v) is 2.16. The van der Waals surface area contributed by atoms with Gasteiger partial charge < -0.3 is 15.0 Å². The van der Waals surface area contributed by atoms with E-state index in [-0.39, 0.29) is 17.5 Å². The molecule has 0 aromatic carbocycles. The van der Waals surface area contributed by atoms with E-state index in [9.17, 15) is 4.79 Å². The molecule has 0 aromatic rings. The van der Waals surface area contributed by atoms with Crippen LogP contribution in [0.4, 0.5) is 0 Å². The molecule has 12 heavy (non-hydrogen) atoms. The summed E-state index contributed by atoms with van der Waals surface area (Å²) in [7, 11) is 1.73. The van der Waals surface area contributed by atoms with Gasteiger partial charge in [0.25, 0.3) is 0 Å². The van der Waals surface area contributed by atoms with Crippen molar-refractivity contribution >= 4 is 30.6 Å². The molecule has 3 N–H and O–H groups in total. The second kappa shape index (κ2) is 9.18. The molecule has 0 fully saturated rings. The number of hydrogen-bond acceptors (Lipinski definition) is 5. The normalized spacial score (nSPS) is 11.6. The maximum atomic E-state index is 10.9. The number of nitrogens with one attached hydrogen (secondary N) is 1. The molecule has 0 bridgehead atoms. The van der Waals surface area contributed by atoms with Gasteiger partial charge in [-0.2, -0.15) is 11.8 Å². The number of carbonyl (C=O) groups excluding carboxylic acids is 1. The first-order chi connectivity index (χ1) is 5.26. The predicted octanol–water partition coefficient (Wildman–Crippen LogP) is -0.109. The minimum atomic E-state index is -0.315. The number of hydrogen-bond donors (Lipinski definition) is 2. The van der Waals surface area contributed by atoms with Crippen LogP contribution in [0.1, 0.15) is 6.42 Å². The first kappa shape index (κ1) is 14.6. The lowest BCUT2D eigenvalue weighted by molar-refractivity contribution is -0.135. The van der Waals surface area contributed by atoms with Crippen LogP contribution >= 0.6 is 24.7 Å². The van der Waals surface area contributed by atoms with Crippen molar-refractivity contribution in [1.82, 2.24) is 5.32 Å². The van der Waals surface area contributed by atoms with Gasteiger partial charge >= 0.3 is 5.97 Å². The Hall–Kier alpha value is 0.0900. The maximum Gasteiger partial charge on any atom is 0.334 e. The smallest absolute Gasteiger partial charge is 0.334 e. The van der Waals surface area contributed by atoms with Crippen molar-refractivity contribution in [1.29, 1.82) is 0 Å². The number of carbonyl (C=O) groups is 1. The third-order valence-electron chi connectivity index (χ3n) is 1.33. The van der Waals surface area contributed by atoms with Crippen molar-refractivity contribution in [3.8, 4) is 0 Å². The van der Waals surface area contributed by atoms with Crippen molar-refractivity contribution in [3.05, 3.63) is 0 Å². The summed E-state index contributed by atoms with van der Waals surface area (Å²) in [6.07, 6.45) is 2.77. The minimum absolute atomic E-state index is 0. The highest BCUT2D eigenvalue weighted by atomic mass is 32.2. The van der Waals surface area contributed by atoms with Crippen LogP contribution < -0.4 is 5.32 Å². The van der Waals surface area contributed by atoms with E-state index in [0.717, 1.165) is 12.2 Å². The summed E-state index contributed by atoms with van der Waals surface area (Å²) >= 11 is 5.14. The van der Waals surface area contributed by atoms with E-state index < -0.39 is 0 Å². The van der Waals surface area contributed by atoms with Crippen molar-refractivity contribution < 1.29 is 14.5 Å². The highest BCUT2D eigenvalue weighted by molar-refractivity contribution is 7.98. The fourth-order valence-electron chi connectivity index (χ4n) is 0.679. The molecule has 1 atom stereocenters. The van der Waals surface area contributed by atoms with Crippen LogP contribution in [0.5, 0.6) is 0 Å². The molecule has 6 heteroatoms. The van der Waals surface area contributed by atoms with Gasteiger partial charge in [-0.25, -0.2) is 4.79 Å². The second-order valence-corrected chi connectivity index (χ2v) is 3.20. The summed E-state index contributed by atoms with van der Waals surface area (Å²) in [5.74, 6) is 0.624. The summed E-state index contributed by atoms with van der Waals surface area (Å²) in [4.78, 5) is 10.9. The van der Waals surface area contributed by atoms with Gasteiger partial charge in [0.2, 0.25) is 0 Å². The molecular formula is C6H15NO3S2. The number of thioether (sulfide) groups is 1. The topological polar surface area (TPSA) is 69.8 Å². The zero-order valence-corrected chi connectivity index (χ0v) is 8.87. The van der Waals surface area contributed by atoms with Gasteiger partial charge in [-0.3, -0.25) is 0 Å². The van der Waals surface area contributed by atoms with E-state index >= 15 is 0 Å². The Bertz CT molecular complexity index is 123. The summed E-state index contributed by atoms with van der Waals surface area (Å²) in [5, 5.41) is 2.85. The Morgan fingerprint density at radius 2 is 2.33 bits per heavy atom. The zero-order chi connectivity index (χ0) is 8.69. The second-order valence-electron chi connectivity index (χ2n) is 2.03. The third kappa shape index (κ3) is 5.70. The lowest BCUT2D eigenvalue weighted by Gasteiger charge is -2.10. The van der Waals surface area contributed by atoms with Crippen molar-refractivity contribution in [2.75, 3.05) is 19.1 Å². The highest BCUT2D eigenvalue weighted by Gasteiger charge is 2.15. The standard InChI is InChI=1S/C6H13NO2S2.H2O/c1-7-5(3-4-11-2)6(8)9-10;/h5,7,10H,3-4H2,1-2H3;1H2/t5-;/m0./s1. The molecule has 0 aliphatic heterocycles. The van der Waals surface area contributed by atoms with Crippen molar-refractivity contribution in [3.63, 3.8) is 0 Å². The summed E-state index contributed by atoms with van der Waals surface area (Å²) in [5.41, 5.74) is 0. The zero-order valence-electron chi connectivity index (χ0n) is 7.16. The van der Waals surface area contributed by atoms with E-state index in [2.05, 4.69) is 22.4 Å². The molecule has 4 nitrogen and oxygen atoms in total. The molecule has 0 rings (SSSR count). The van der Waals surface area contributed by atoms with Gasteiger partial charge in [-0.15, -0.1) is 0 Å². The fourth-order valence-corrected chi connectivity index (χ4v) is 1.28. The van der Waals surface area contributed by atoms with Crippen LogP contribution in [0, 0.1) is 0 Å². The maximum absolute atomic E-state index is 10.9. The van der Waals surface area contributed by atoms with E-state index in [1.165, 1.54) is 0 Å². The van der Waals surface area contributed by atoms with Gasteiger partial charge in [0.1, 0.15) is 6.04 Å². The molecule has 0 aliphatic rings. The van der Waals surface area contributed by atoms with Crippen molar-refractivity contribution in [2.24, 2.45) is 0 Å². The Morgan fingerprint density at radius 3 is 2.67 bits per heavy atom. The average Bonchev–Trinajstić information content (AvgIpc) is 2.05. The van der Waals surface area contributed by atoms with Gasteiger partial charge in [0.15, 0.2) is 0 Å². The number of thiol groups is 1. The van der Waals surface area contributed by atoms with E-state index in [4.69, 9.17) is 0 Å². The molecule has 0 unspecified atom stereocenters. The first-order valence-electron chi connectivity index (χ1n) is 3.27. The molecular weight excluding hydrogens is 198 g/mol. The molecule has 0 aliphatic carbocycles. The summed E-state index contributed by atoms with van der Waals surface area (Å²) in [6, 6.07) is -0.222. The molecule has 0 saturated carbocycles. The Labute approximate surface area is 82.4 Å². The van der Waals surface area contributed by atoms with Gasteiger partial charge in [0.05, 0.1) is 0 Å². The number of rotatable bonds is 5. The Balaban J connectivity index is 0. The monoisotopic (exact) mass is 213 g/mol. The molecule has 0 spiro atoms. The summed E-state index contributed by atoms with van der Waals surface area (Å²) in [6.45, 7) is 0. The van der Waals surface area contributed by atoms with Crippen LogP contribution in [0.3, 0.4) is 0 Å². The fraction of sp³-hybridized carbons (Fsp3) is 0.833. The largest absolute Gasteiger partial charge is 0.412 e. The predicted molar refractivity (Wildman–Crippen MR) is 54.5 cm³/mol. The molecule has 74 valence electrons. The van der Waals surface area contributed by atoms with Crippen LogP contribution in [-0.2, 0) is 8.98 Å². The van der Waals surface area contributed by atoms with Crippen LogP contribution in [0.15, 0.2) is 0 Å². The molecule has 0 aromatic heterocycles. The minimum Gasteiger partial charge on any atom is -0.412 e. The Kier molecular flexibility index (Phi) is 11.2. The Morgan fingerprint density at radius 1 is 1.75 bits per heavy atom.